The molecule has 41 heavy (non-hydrogen) atoms. The Bertz CT molecular complexity index is 1510. The SMILES string of the molecule is CCOC(Cc1ccc(-c2cccc(CN(C)C(=O)c3ccc4cc(O)ccc4c3)c2)cc1)C(=O)N1CCOCC1. The van der Waals surface area contributed by atoms with Gasteiger partial charge in [0, 0.05) is 45.3 Å². The second kappa shape index (κ2) is 13.0. The van der Waals surface area contributed by atoms with Crippen molar-refractivity contribution in [2.75, 3.05) is 40.0 Å². The number of phenols is 1. The first kappa shape index (κ1) is 28.3. The number of hydrogen-bond donors (Lipinski definition) is 1. The maximum atomic E-state index is 13.2. The summed E-state index contributed by atoms with van der Waals surface area (Å²) in [6, 6.07) is 27.1. The van der Waals surface area contributed by atoms with Gasteiger partial charge in [0.25, 0.3) is 11.8 Å². The predicted molar refractivity (Wildman–Crippen MR) is 160 cm³/mol. The molecule has 1 saturated heterocycles. The molecule has 7 heteroatoms. The molecule has 0 radical (unpaired) electrons. The molecule has 1 aliphatic rings. The summed E-state index contributed by atoms with van der Waals surface area (Å²) >= 11 is 0. The van der Waals surface area contributed by atoms with E-state index in [1.54, 1.807) is 30.1 Å². The molecule has 1 heterocycles. The Morgan fingerprint density at radius 1 is 0.902 bits per heavy atom. The van der Waals surface area contributed by atoms with Crippen LogP contribution in [0.15, 0.2) is 84.9 Å². The Hall–Kier alpha value is -4.20. The summed E-state index contributed by atoms with van der Waals surface area (Å²) in [6.07, 6.45) is 0.0165. The van der Waals surface area contributed by atoms with Crippen LogP contribution < -0.4 is 0 Å². The molecule has 2 amide bonds. The zero-order valence-electron chi connectivity index (χ0n) is 23.6. The first-order valence-electron chi connectivity index (χ1n) is 14.1. The lowest BCUT2D eigenvalue weighted by Crippen LogP contribution is -2.47. The Labute approximate surface area is 240 Å². The van der Waals surface area contributed by atoms with E-state index in [0.29, 0.717) is 51.4 Å². The van der Waals surface area contributed by atoms with Crippen LogP contribution in [0.1, 0.15) is 28.4 Å². The number of morpholine rings is 1. The van der Waals surface area contributed by atoms with Crippen molar-refractivity contribution in [1.82, 2.24) is 9.80 Å². The van der Waals surface area contributed by atoms with E-state index in [0.717, 1.165) is 33.0 Å². The van der Waals surface area contributed by atoms with E-state index in [2.05, 4.69) is 36.4 Å². The summed E-state index contributed by atoms with van der Waals surface area (Å²) in [6.45, 7) is 5.20. The molecule has 0 bridgehead atoms. The van der Waals surface area contributed by atoms with Crippen LogP contribution in [0, 0.1) is 0 Å². The average molecular weight is 553 g/mol. The molecule has 0 aromatic heterocycles. The highest BCUT2D eigenvalue weighted by atomic mass is 16.5. The van der Waals surface area contributed by atoms with Crippen LogP contribution in [-0.2, 0) is 27.2 Å². The van der Waals surface area contributed by atoms with Gasteiger partial charge < -0.3 is 24.4 Å². The number of benzene rings is 4. The number of ether oxygens (including phenoxy) is 2. The largest absolute Gasteiger partial charge is 0.508 e. The van der Waals surface area contributed by atoms with Crippen molar-refractivity contribution in [3.05, 3.63) is 102 Å². The number of amides is 2. The number of nitrogens with zero attached hydrogens (tertiary/aromatic N) is 2. The van der Waals surface area contributed by atoms with Gasteiger partial charge in [-0.2, -0.15) is 0 Å². The van der Waals surface area contributed by atoms with E-state index in [4.69, 9.17) is 9.47 Å². The lowest BCUT2D eigenvalue weighted by Gasteiger charge is -2.30. The maximum absolute atomic E-state index is 13.2. The number of rotatable bonds is 9. The van der Waals surface area contributed by atoms with Gasteiger partial charge >= 0.3 is 0 Å². The summed E-state index contributed by atoms with van der Waals surface area (Å²) in [5.74, 6) is 0.163. The monoisotopic (exact) mass is 552 g/mol. The summed E-state index contributed by atoms with van der Waals surface area (Å²) in [5, 5.41) is 11.5. The molecular formula is C34H36N2O5. The molecule has 5 rings (SSSR count). The number of carbonyl (C=O) groups excluding carboxylic acids is 2. The molecule has 4 aromatic carbocycles. The Morgan fingerprint density at radius 3 is 2.39 bits per heavy atom. The molecule has 0 saturated carbocycles. The molecule has 0 aliphatic carbocycles. The molecule has 1 atom stereocenters. The Kier molecular flexibility index (Phi) is 8.97. The van der Waals surface area contributed by atoms with Crippen LogP contribution in [0.4, 0.5) is 0 Å². The summed E-state index contributed by atoms with van der Waals surface area (Å²) in [4.78, 5) is 29.7. The van der Waals surface area contributed by atoms with Crippen LogP contribution in [0.3, 0.4) is 0 Å². The Morgan fingerprint density at radius 2 is 1.63 bits per heavy atom. The molecule has 1 aliphatic heterocycles. The summed E-state index contributed by atoms with van der Waals surface area (Å²) < 4.78 is 11.2. The molecule has 1 unspecified atom stereocenters. The smallest absolute Gasteiger partial charge is 0.253 e. The molecule has 212 valence electrons. The highest BCUT2D eigenvalue weighted by Crippen LogP contribution is 2.24. The highest BCUT2D eigenvalue weighted by Gasteiger charge is 2.26. The molecule has 0 spiro atoms. The lowest BCUT2D eigenvalue weighted by atomic mass is 9.99. The van der Waals surface area contributed by atoms with E-state index >= 15 is 0 Å². The fraction of sp³-hybridized carbons (Fsp3) is 0.294. The van der Waals surface area contributed by atoms with Gasteiger partial charge in [-0.25, -0.2) is 0 Å². The van der Waals surface area contributed by atoms with Crippen molar-refractivity contribution in [3.63, 3.8) is 0 Å². The third-order valence-electron chi connectivity index (χ3n) is 7.44. The molecule has 4 aromatic rings. The number of hydrogen-bond acceptors (Lipinski definition) is 5. The zero-order chi connectivity index (χ0) is 28.8. The topological polar surface area (TPSA) is 79.3 Å². The number of carbonyl (C=O) groups is 2. The van der Waals surface area contributed by atoms with Crippen molar-refractivity contribution in [1.29, 1.82) is 0 Å². The van der Waals surface area contributed by atoms with Crippen LogP contribution in [0.5, 0.6) is 5.75 Å². The van der Waals surface area contributed by atoms with Gasteiger partial charge in [0.15, 0.2) is 0 Å². The van der Waals surface area contributed by atoms with Crippen molar-refractivity contribution >= 4 is 22.6 Å². The van der Waals surface area contributed by atoms with Crippen LogP contribution >= 0.6 is 0 Å². The molecule has 7 nitrogen and oxygen atoms in total. The van der Waals surface area contributed by atoms with Gasteiger partial charge in [-0.15, -0.1) is 0 Å². The van der Waals surface area contributed by atoms with Crippen molar-refractivity contribution in [2.45, 2.75) is 26.0 Å². The predicted octanol–water partition coefficient (Wildman–Crippen LogP) is 5.29. The normalized spacial score (nSPS) is 14.1. The minimum Gasteiger partial charge on any atom is -0.508 e. The van der Waals surface area contributed by atoms with Crippen LogP contribution in [0.2, 0.25) is 0 Å². The van der Waals surface area contributed by atoms with E-state index in [-0.39, 0.29) is 17.6 Å². The van der Waals surface area contributed by atoms with Gasteiger partial charge in [0.2, 0.25) is 0 Å². The second-order valence-corrected chi connectivity index (χ2v) is 10.4. The van der Waals surface area contributed by atoms with Crippen molar-refractivity contribution in [3.8, 4) is 16.9 Å². The van der Waals surface area contributed by atoms with Gasteiger partial charge in [0.05, 0.1) is 13.2 Å². The van der Waals surface area contributed by atoms with E-state index < -0.39 is 6.10 Å². The number of aromatic hydroxyl groups is 1. The average Bonchev–Trinajstić information content (AvgIpc) is 3.00. The van der Waals surface area contributed by atoms with Crippen LogP contribution in [0.25, 0.3) is 21.9 Å². The lowest BCUT2D eigenvalue weighted by molar-refractivity contribution is -0.147. The number of fused-ring (bicyclic) bond motifs is 1. The standard InChI is InChI=1S/C34H36N2O5/c1-3-41-32(34(39)36-15-17-40-18-16-36)20-24-7-9-26(10-8-24)27-6-4-5-25(19-27)23-35(2)33(38)30-12-11-29-22-31(37)14-13-28(29)21-30/h4-14,19,21-22,32,37H,3,15-18,20,23H2,1-2H3. The molecule has 1 N–H and O–H groups in total. The van der Waals surface area contributed by atoms with E-state index in [1.807, 2.05) is 42.2 Å². The minimum absolute atomic E-state index is 0.0218. The van der Waals surface area contributed by atoms with Crippen molar-refractivity contribution in [2.24, 2.45) is 0 Å². The second-order valence-electron chi connectivity index (χ2n) is 10.4. The minimum atomic E-state index is -0.505. The molecular weight excluding hydrogens is 516 g/mol. The summed E-state index contributed by atoms with van der Waals surface area (Å²) in [5.41, 5.74) is 4.80. The highest BCUT2D eigenvalue weighted by molar-refractivity contribution is 5.98. The fourth-order valence-electron chi connectivity index (χ4n) is 5.23. The first-order chi connectivity index (χ1) is 19.9. The van der Waals surface area contributed by atoms with Gasteiger partial charge in [0.1, 0.15) is 11.9 Å². The van der Waals surface area contributed by atoms with Crippen molar-refractivity contribution < 1.29 is 24.2 Å². The van der Waals surface area contributed by atoms with E-state index in [1.165, 1.54) is 0 Å². The van der Waals surface area contributed by atoms with Gasteiger partial charge in [-0.05, 0) is 70.3 Å². The fourth-order valence-corrected chi connectivity index (χ4v) is 5.23. The molecule has 1 fully saturated rings. The third kappa shape index (κ3) is 6.93. The Balaban J connectivity index is 1.24. The summed E-state index contributed by atoms with van der Waals surface area (Å²) in [7, 11) is 1.80. The van der Waals surface area contributed by atoms with E-state index in [9.17, 15) is 14.7 Å². The van der Waals surface area contributed by atoms with Gasteiger partial charge in [-0.1, -0.05) is 54.6 Å². The number of phenolic OH excluding ortho intramolecular Hbond substituents is 1. The first-order valence-corrected chi connectivity index (χ1v) is 14.1. The third-order valence-corrected chi connectivity index (χ3v) is 7.44. The van der Waals surface area contributed by atoms with Gasteiger partial charge in [-0.3, -0.25) is 9.59 Å². The maximum Gasteiger partial charge on any atom is 0.253 e. The van der Waals surface area contributed by atoms with Crippen LogP contribution in [-0.4, -0.2) is 72.8 Å². The zero-order valence-corrected chi connectivity index (χ0v) is 23.6. The quantitative estimate of drug-likeness (QED) is 0.305.